The number of thiol groups is 1. The summed E-state index contributed by atoms with van der Waals surface area (Å²) in [5.41, 5.74) is 6.32. The van der Waals surface area contributed by atoms with Gasteiger partial charge in [-0.25, -0.2) is 9.97 Å². The number of benzene rings is 3. The molecule has 5 rings (SSSR count). The smallest absolute Gasteiger partial charge is 0.242 e. The Morgan fingerprint density at radius 3 is 2.07 bits per heavy atom. The molecular formula is C33H37N7O2S. The van der Waals surface area contributed by atoms with E-state index < -0.39 is 0 Å². The van der Waals surface area contributed by atoms with Crippen LogP contribution in [0.3, 0.4) is 0 Å². The summed E-state index contributed by atoms with van der Waals surface area (Å²) in [6.45, 7) is 4.62. The molecule has 0 fully saturated rings. The topological polar surface area (TPSA) is 110 Å². The number of nitrogens with zero attached hydrogens (tertiary/aromatic N) is 4. The molecule has 0 atom stereocenters. The molecule has 0 radical (unpaired) electrons. The molecule has 3 N–H and O–H groups in total. The molecule has 0 saturated carbocycles. The average molecular weight is 596 g/mol. The normalized spacial score (nSPS) is 11.3. The minimum Gasteiger partial charge on any atom is -0.350 e. The van der Waals surface area contributed by atoms with Crippen molar-refractivity contribution in [1.82, 2.24) is 35.1 Å². The predicted molar refractivity (Wildman–Crippen MR) is 175 cm³/mol. The van der Waals surface area contributed by atoms with Crippen molar-refractivity contribution in [2.45, 2.75) is 26.4 Å². The number of imidazole rings is 2. The van der Waals surface area contributed by atoms with Gasteiger partial charge in [-0.2, -0.15) is 12.6 Å². The molecule has 222 valence electrons. The first-order valence-electron chi connectivity index (χ1n) is 14.4. The van der Waals surface area contributed by atoms with E-state index in [0.29, 0.717) is 25.3 Å². The fourth-order valence-corrected chi connectivity index (χ4v) is 5.44. The van der Waals surface area contributed by atoms with Gasteiger partial charge < -0.3 is 20.2 Å². The maximum atomic E-state index is 12.4. The Balaban J connectivity index is 1.27. The van der Waals surface area contributed by atoms with Gasteiger partial charge in [-0.15, -0.1) is 0 Å². The lowest BCUT2D eigenvalue weighted by Gasteiger charge is -2.20. The number of aromatic nitrogens is 4. The van der Waals surface area contributed by atoms with E-state index in [2.05, 4.69) is 110 Å². The Bertz CT molecular complexity index is 1680. The van der Waals surface area contributed by atoms with Gasteiger partial charge in [0.25, 0.3) is 0 Å². The summed E-state index contributed by atoms with van der Waals surface area (Å²) in [5.74, 6) is 2.33. The summed E-state index contributed by atoms with van der Waals surface area (Å²) < 4.78 is 0. The van der Waals surface area contributed by atoms with Gasteiger partial charge in [-0.05, 0) is 53.1 Å². The second kappa shape index (κ2) is 14.2. The van der Waals surface area contributed by atoms with Crippen LogP contribution in [0.5, 0.6) is 0 Å². The van der Waals surface area contributed by atoms with Gasteiger partial charge in [0, 0.05) is 24.4 Å². The molecule has 0 aliphatic carbocycles. The standard InChI is InChI=1S/C33H37N7O2S/c1-3-12-40(33(42)19-34-22-41)21-32-36-18-30(38-32)28-11-10-26-15-25(8-9-27(26)16-28)23-4-6-24(7-5-23)29-17-35-31(37-29)20-39(2)13-14-43/h4-11,15-18,22,43H,3,12-14,19-21H2,1-2H3,(H,34,41)(H,35,37)(H,36,38). The van der Waals surface area contributed by atoms with Crippen molar-refractivity contribution in [1.29, 1.82) is 0 Å². The van der Waals surface area contributed by atoms with E-state index in [1.807, 2.05) is 13.1 Å². The van der Waals surface area contributed by atoms with E-state index in [0.717, 1.165) is 75.5 Å². The lowest BCUT2D eigenvalue weighted by atomic mass is 9.98. The van der Waals surface area contributed by atoms with Crippen molar-refractivity contribution >= 4 is 35.7 Å². The maximum absolute atomic E-state index is 12.4. The molecule has 0 bridgehead atoms. The second-order valence-electron chi connectivity index (χ2n) is 10.6. The minimum absolute atomic E-state index is 0.0196. The molecule has 5 aromatic rings. The van der Waals surface area contributed by atoms with Crippen LogP contribution in [0.25, 0.3) is 44.4 Å². The monoisotopic (exact) mass is 595 g/mol. The highest BCUT2D eigenvalue weighted by Crippen LogP contribution is 2.29. The molecular weight excluding hydrogens is 558 g/mol. The zero-order valence-electron chi connectivity index (χ0n) is 24.5. The molecule has 2 aromatic heterocycles. The van der Waals surface area contributed by atoms with Crippen molar-refractivity contribution < 1.29 is 9.59 Å². The van der Waals surface area contributed by atoms with Crippen LogP contribution < -0.4 is 5.32 Å². The van der Waals surface area contributed by atoms with E-state index in [1.165, 1.54) is 0 Å². The third kappa shape index (κ3) is 7.52. The second-order valence-corrected chi connectivity index (χ2v) is 11.1. The summed E-state index contributed by atoms with van der Waals surface area (Å²) >= 11 is 4.30. The number of aromatic amines is 2. The Labute approximate surface area is 257 Å². The molecule has 2 amide bonds. The van der Waals surface area contributed by atoms with E-state index in [-0.39, 0.29) is 12.5 Å². The van der Waals surface area contributed by atoms with Crippen LogP contribution in [0.4, 0.5) is 0 Å². The number of fused-ring (bicyclic) bond motifs is 1. The summed E-state index contributed by atoms with van der Waals surface area (Å²) in [6.07, 6.45) is 5.05. The number of hydrogen-bond donors (Lipinski definition) is 4. The van der Waals surface area contributed by atoms with Crippen LogP contribution in [-0.2, 0) is 22.7 Å². The van der Waals surface area contributed by atoms with E-state index in [4.69, 9.17) is 0 Å². The SMILES string of the molecule is CCCN(Cc1ncc(-c2ccc3cc(-c4ccc(-c5cnc(CN(C)CCS)[nH]5)cc4)ccc3c2)[nH]1)C(=O)CNC=O. The van der Waals surface area contributed by atoms with Crippen LogP contribution in [-0.4, -0.2) is 74.5 Å². The fraction of sp³-hybridized carbons (Fsp3) is 0.273. The quantitative estimate of drug-likeness (QED) is 0.105. The first-order valence-corrected chi connectivity index (χ1v) is 15.1. The number of carbonyl (C=O) groups excluding carboxylic acids is 2. The summed E-state index contributed by atoms with van der Waals surface area (Å²) in [6, 6.07) is 21.4. The highest BCUT2D eigenvalue weighted by Gasteiger charge is 2.15. The Morgan fingerprint density at radius 2 is 1.42 bits per heavy atom. The van der Waals surface area contributed by atoms with Gasteiger partial charge in [0.1, 0.15) is 11.6 Å². The number of carbonyl (C=O) groups is 2. The van der Waals surface area contributed by atoms with Crippen molar-refractivity contribution in [2.75, 3.05) is 32.4 Å². The van der Waals surface area contributed by atoms with E-state index in [9.17, 15) is 9.59 Å². The van der Waals surface area contributed by atoms with Crippen molar-refractivity contribution in [3.63, 3.8) is 0 Å². The van der Waals surface area contributed by atoms with Crippen LogP contribution in [0, 0.1) is 0 Å². The molecule has 9 nitrogen and oxygen atoms in total. The number of H-pyrrole nitrogens is 2. The van der Waals surface area contributed by atoms with Crippen LogP contribution >= 0.6 is 12.6 Å². The summed E-state index contributed by atoms with van der Waals surface area (Å²) in [5, 5.41) is 4.72. The Morgan fingerprint density at radius 1 is 0.837 bits per heavy atom. The molecule has 0 saturated heterocycles. The van der Waals surface area contributed by atoms with Gasteiger partial charge in [0.05, 0.1) is 43.4 Å². The summed E-state index contributed by atoms with van der Waals surface area (Å²) in [7, 11) is 2.07. The van der Waals surface area contributed by atoms with E-state index >= 15 is 0 Å². The fourth-order valence-electron chi connectivity index (χ4n) is 5.10. The molecule has 3 aromatic carbocycles. The summed E-state index contributed by atoms with van der Waals surface area (Å²) in [4.78, 5) is 42.8. The Hall–Kier alpha value is -4.41. The van der Waals surface area contributed by atoms with Gasteiger partial charge in [0.2, 0.25) is 12.3 Å². The van der Waals surface area contributed by atoms with Crippen LogP contribution in [0.15, 0.2) is 73.1 Å². The zero-order chi connectivity index (χ0) is 30.2. The number of rotatable bonds is 14. The molecule has 2 heterocycles. The number of hydrogen-bond acceptors (Lipinski definition) is 6. The van der Waals surface area contributed by atoms with Gasteiger partial charge in [0.15, 0.2) is 0 Å². The lowest BCUT2D eigenvalue weighted by Crippen LogP contribution is -2.38. The lowest BCUT2D eigenvalue weighted by molar-refractivity contribution is -0.132. The highest BCUT2D eigenvalue weighted by molar-refractivity contribution is 7.80. The number of nitrogens with one attached hydrogen (secondary N) is 3. The maximum Gasteiger partial charge on any atom is 0.242 e. The molecule has 0 unspecified atom stereocenters. The average Bonchev–Trinajstić information content (AvgIpc) is 3.69. The molecule has 0 spiro atoms. The van der Waals surface area contributed by atoms with Gasteiger partial charge in [-0.3, -0.25) is 14.5 Å². The minimum atomic E-state index is -0.137. The Kier molecular flexibility index (Phi) is 9.91. The third-order valence-corrected chi connectivity index (χ3v) is 7.56. The van der Waals surface area contributed by atoms with Crippen LogP contribution in [0.1, 0.15) is 25.0 Å². The first-order chi connectivity index (χ1) is 21.0. The third-order valence-electron chi connectivity index (χ3n) is 7.36. The highest BCUT2D eigenvalue weighted by atomic mass is 32.1. The molecule has 43 heavy (non-hydrogen) atoms. The van der Waals surface area contributed by atoms with Gasteiger partial charge >= 0.3 is 0 Å². The predicted octanol–water partition coefficient (Wildman–Crippen LogP) is 5.13. The largest absolute Gasteiger partial charge is 0.350 e. The van der Waals surface area contributed by atoms with Crippen molar-refractivity contribution in [3.05, 3.63) is 84.7 Å². The first kappa shape index (κ1) is 30.1. The zero-order valence-corrected chi connectivity index (χ0v) is 25.4. The number of amides is 2. The van der Waals surface area contributed by atoms with Crippen molar-refractivity contribution in [2.24, 2.45) is 0 Å². The molecule has 0 aliphatic heterocycles. The van der Waals surface area contributed by atoms with Gasteiger partial charge in [-0.1, -0.05) is 55.5 Å². The molecule has 10 heteroatoms. The van der Waals surface area contributed by atoms with E-state index in [1.54, 1.807) is 11.1 Å². The van der Waals surface area contributed by atoms with Crippen LogP contribution in [0.2, 0.25) is 0 Å². The van der Waals surface area contributed by atoms with Crippen molar-refractivity contribution in [3.8, 4) is 33.6 Å². The molecule has 0 aliphatic rings.